The number of allylic oxidation sites excluding steroid dienone is 19. The molecule has 0 aliphatic heterocycles. The molecular weight excluding hydrogens is 1020 g/mol. The third kappa shape index (κ3) is 60.8. The molecule has 0 aliphatic carbocycles. The molecule has 10 heteroatoms. The Bertz CT molecular complexity index is 1800. The summed E-state index contributed by atoms with van der Waals surface area (Å²) in [5, 5.41) is 3.02. The normalized spacial score (nSPS) is 14.4. The number of esters is 1. The fourth-order valence-corrected chi connectivity index (χ4v) is 9.58. The molecule has 81 heavy (non-hydrogen) atoms. The molecule has 0 radical (unpaired) electrons. The van der Waals surface area contributed by atoms with Crippen LogP contribution >= 0.6 is 7.82 Å². The zero-order valence-electron chi connectivity index (χ0n) is 53.0. The number of amides is 1. The highest BCUT2D eigenvalue weighted by molar-refractivity contribution is 7.47. The van der Waals surface area contributed by atoms with Gasteiger partial charge in [0.25, 0.3) is 0 Å². The smallest absolute Gasteiger partial charge is 0.456 e. The minimum absolute atomic E-state index is 0.0233. The molecule has 0 bridgehead atoms. The summed E-state index contributed by atoms with van der Waals surface area (Å²) in [7, 11) is 1.44. The van der Waals surface area contributed by atoms with Gasteiger partial charge in [0.1, 0.15) is 19.3 Å². The van der Waals surface area contributed by atoms with E-state index in [0.29, 0.717) is 17.4 Å². The van der Waals surface area contributed by atoms with E-state index >= 15 is 0 Å². The molecule has 0 fully saturated rings. The zero-order valence-corrected chi connectivity index (χ0v) is 53.9. The van der Waals surface area contributed by atoms with Gasteiger partial charge in [-0.1, -0.05) is 258 Å². The van der Waals surface area contributed by atoms with Crippen molar-refractivity contribution in [2.45, 2.75) is 277 Å². The van der Waals surface area contributed by atoms with E-state index in [9.17, 15) is 19.0 Å². The van der Waals surface area contributed by atoms with E-state index in [1.807, 2.05) is 33.3 Å². The summed E-state index contributed by atoms with van der Waals surface area (Å²) < 4.78 is 30.7. The largest absolute Gasteiger partial charge is 0.472 e. The van der Waals surface area contributed by atoms with Gasteiger partial charge in [-0.15, -0.1) is 0 Å². The molecule has 0 spiro atoms. The van der Waals surface area contributed by atoms with E-state index in [0.717, 1.165) is 109 Å². The lowest BCUT2D eigenvalue weighted by Crippen LogP contribution is -2.47. The lowest BCUT2D eigenvalue weighted by atomic mass is 10.0. The Morgan fingerprint density at radius 2 is 0.802 bits per heavy atom. The first-order chi connectivity index (χ1) is 39.4. The van der Waals surface area contributed by atoms with Gasteiger partial charge in [-0.25, -0.2) is 4.57 Å². The molecule has 464 valence electrons. The van der Waals surface area contributed by atoms with Crippen LogP contribution in [0.25, 0.3) is 0 Å². The van der Waals surface area contributed by atoms with E-state index in [4.69, 9.17) is 13.8 Å². The number of quaternary nitrogens is 1. The maximum atomic E-state index is 13.5. The molecule has 0 rings (SSSR count). The quantitative estimate of drug-likeness (QED) is 0.0205. The van der Waals surface area contributed by atoms with Crippen molar-refractivity contribution in [3.63, 3.8) is 0 Å². The minimum atomic E-state index is -4.48. The highest BCUT2D eigenvalue weighted by atomic mass is 31.2. The van der Waals surface area contributed by atoms with E-state index in [2.05, 4.69) is 135 Å². The second kappa shape index (κ2) is 59.6. The lowest BCUT2D eigenvalue weighted by molar-refractivity contribution is -0.870. The SMILES string of the molecule is CC/C=C\C/C=C\C/C=C\C/C=C\C/C=C\CCCCCCCCCCCC(=O)OC(/C=C\CCCCCCCCCCCCC)C(COP(=O)(O)OCC[N+](C)(C)C)NC(=O)CCC/C=C\C/C=C\C/C=C\C/C=C\CCCCC. The second-order valence-corrected chi connectivity index (χ2v) is 24.4. The number of unbranched alkanes of at least 4 members (excludes halogenated alkanes) is 24. The van der Waals surface area contributed by atoms with Crippen LogP contribution < -0.4 is 5.32 Å². The van der Waals surface area contributed by atoms with E-state index < -0.39 is 20.0 Å². The molecule has 2 N–H and O–H groups in total. The fourth-order valence-electron chi connectivity index (χ4n) is 8.84. The van der Waals surface area contributed by atoms with Crippen molar-refractivity contribution in [3.8, 4) is 0 Å². The summed E-state index contributed by atoms with van der Waals surface area (Å²) >= 11 is 0. The van der Waals surface area contributed by atoms with Gasteiger partial charge in [0.2, 0.25) is 5.91 Å². The standard InChI is InChI=1S/C71H123N2O7P/c1-7-10-13-16-19-22-25-28-30-32-33-34-35-36-37-38-39-41-43-46-49-52-55-58-61-64-71(75)80-69(62-59-56-53-50-47-44-27-24-21-18-15-12-9-3)68(67-79-81(76,77)78-66-65-73(4,5)6)72-70(74)63-60-57-54-51-48-45-42-40-31-29-26-23-20-17-14-11-8-2/h10,13,19-20,22-23,28-31,33-34,36-37,42,45,51,54,59,62,68-69H,7-9,11-12,14-18,21,24-27,32,35,38-41,43-44,46-50,52-53,55-58,60-61,63-67H2,1-6H3,(H-,72,74,76,77)/p+1/b13-10-,22-19-,23-20-,30-28-,31-29-,34-33-,37-36-,45-42-,54-51-,62-59-. The van der Waals surface area contributed by atoms with Crippen LogP contribution in [0.15, 0.2) is 122 Å². The van der Waals surface area contributed by atoms with Gasteiger partial charge in [-0.3, -0.25) is 18.6 Å². The summed E-state index contributed by atoms with van der Waals surface area (Å²) in [5.41, 5.74) is 0. The van der Waals surface area contributed by atoms with Gasteiger partial charge >= 0.3 is 13.8 Å². The topological polar surface area (TPSA) is 111 Å². The van der Waals surface area contributed by atoms with Crippen molar-refractivity contribution in [1.29, 1.82) is 0 Å². The number of hydrogen-bond acceptors (Lipinski definition) is 6. The number of nitrogens with one attached hydrogen (secondary N) is 1. The Labute approximate surface area is 499 Å². The van der Waals surface area contributed by atoms with Gasteiger partial charge < -0.3 is 19.4 Å². The van der Waals surface area contributed by atoms with Crippen molar-refractivity contribution >= 4 is 19.7 Å². The molecular formula is C71H124N2O7P+. The number of phosphoric acid groups is 1. The Kier molecular flexibility index (Phi) is 56.9. The minimum Gasteiger partial charge on any atom is -0.456 e. The van der Waals surface area contributed by atoms with Crippen LogP contribution in [-0.2, 0) is 27.9 Å². The van der Waals surface area contributed by atoms with Gasteiger partial charge in [0, 0.05) is 12.8 Å². The summed E-state index contributed by atoms with van der Waals surface area (Å²) in [5.74, 6) is -0.582. The Morgan fingerprint density at radius 1 is 0.444 bits per heavy atom. The summed E-state index contributed by atoms with van der Waals surface area (Å²) in [6.45, 7) is 6.82. The molecule has 0 heterocycles. The van der Waals surface area contributed by atoms with Gasteiger partial charge in [0.05, 0.1) is 33.8 Å². The number of carbonyl (C=O) groups is 2. The predicted molar refractivity (Wildman–Crippen MR) is 350 cm³/mol. The lowest BCUT2D eigenvalue weighted by Gasteiger charge is -2.27. The van der Waals surface area contributed by atoms with Gasteiger partial charge in [-0.2, -0.15) is 0 Å². The first kappa shape index (κ1) is 77.4. The molecule has 3 unspecified atom stereocenters. The second-order valence-electron chi connectivity index (χ2n) is 22.9. The van der Waals surface area contributed by atoms with Crippen LogP contribution in [0.2, 0.25) is 0 Å². The number of rotatable bonds is 58. The molecule has 0 aliphatic rings. The van der Waals surface area contributed by atoms with Crippen LogP contribution in [0.5, 0.6) is 0 Å². The Balaban J connectivity index is 5.27. The summed E-state index contributed by atoms with van der Waals surface area (Å²) in [6.07, 6.45) is 83.5. The van der Waals surface area contributed by atoms with Crippen LogP contribution in [0.4, 0.5) is 0 Å². The van der Waals surface area contributed by atoms with Crippen LogP contribution in [0.1, 0.15) is 265 Å². The van der Waals surface area contributed by atoms with E-state index in [1.54, 1.807) is 0 Å². The van der Waals surface area contributed by atoms with Crippen molar-refractivity contribution in [2.75, 3.05) is 40.9 Å². The third-order valence-electron chi connectivity index (χ3n) is 13.9. The van der Waals surface area contributed by atoms with Gasteiger partial charge in [-0.05, 0) is 115 Å². The number of carbonyl (C=O) groups excluding carboxylic acids is 2. The van der Waals surface area contributed by atoms with Crippen molar-refractivity contribution < 1.29 is 37.3 Å². The fraction of sp³-hybridized carbons (Fsp3) is 0.690. The molecule has 0 saturated heterocycles. The maximum Gasteiger partial charge on any atom is 0.472 e. The highest BCUT2D eigenvalue weighted by Crippen LogP contribution is 2.43. The van der Waals surface area contributed by atoms with Crippen LogP contribution in [0, 0.1) is 0 Å². The number of nitrogens with zero attached hydrogens (tertiary/aromatic N) is 1. The molecule has 1 amide bonds. The first-order valence-corrected chi connectivity index (χ1v) is 34.4. The average molecular weight is 1150 g/mol. The summed E-state index contributed by atoms with van der Waals surface area (Å²) in [4.78, 5) is 37.8. The molecule has 0 saturated carbocycles. The van der Waals surface area contributed by atoms with Crippen LogP contribution in [-0.4, -0.2) is 74.3 Å². The van der Waals surface area contributed by atoms with Crippen molar-refractivity contribution in [1.82, 2.24) is 5.32 Å². The maximum absolute atomic E-state index is 13.5. The van der Waals surface area contributed by atoms with E-state index in [-0.39, 0.29) is 37.9 Å². The highest BCUT2D eigenvalue weighted by Gasteiger charge is 2.30. The number of ether oxygens (including phenoxy) is 1. The number of hydrogen-bond donors (Lipinski definition) is 2. The number of likely N-dealkylation sites (N-methyl/N-ethyl adjacent to an activating group) is 1. The van der Waals surface area contributed by atoms with Crippen molar-refractivity contribution in [3.05, 3.63) is 122 Å². The molecule has 0 aromatic heterocycles. The monoisotopic (exact) mass is 1150 g/mol. The molecule has 3 atom stereocenters. The van der Waals surface area contributed by atoms with Crippen molar-refractivity contribution in [2.24, 2.45) is 0 Å². The molecule has 0 aromatic rings. The number of phosphoric ester groups is 1. The predicted octanol–water partition coefficient (Wildman–Crippen LogP) is 20.7. The van der Waals surface area contributed by atoms with Crippen LogP contribution in [0.3, 0.4) is 0 Å². The average Bonchev–Trinajstić information content (AvgIpc) is 3.44. The molecule has 9 nitrogen and oxygen atoms in total. The Morgan fingerprint density at radius 3 is 1.23 bits per heavy atom. The molecule has 0 aromatic carbocycles. The summed E-state index contributed by atoms with van der Waals surface area (Å²) in [6, 6.07) is -0.888. The first-order valence-electron chi connectivity index (χ1n) is 32.9. The Hall–Kier alpha value is -3.59. The van der Waals surface area contributed by atoms with Gasteiger partial charge in [0.15, 0.2) is 0 Å². The van der Waals surface area contributed by atoms with E-state index in [1.165, 1.54) is 116 Å². The zero-order chi connectivity index (χ0) is 59.3. The third-order valence-corrected chi connectivity index (χ3v) is 14.9.